The topological polar surface area (TPSA) is 29.5 Å². The zero-order chi connectivity index (χ0) is 4.99. The minimum absolute atomic E-state index is 0.377. The maximum atomic E-state index is 8.06. The summed E-state index contributed by atoms with van der Waals surface area (Å²) in [4.78, 5) is 0. The molecule has 2 nitrogen and oxygen atoms in total. The van der Waals surface area contributed by atoms with Crippen molar-refractivity contribution in [2.24, 2.45) is 0 Å². The Morgan fingerprint density at radius 1 is 2.00 bits per heavy atom. The molecule has 36 valence electrons. The molecule has 0 atom stereocenters. The second-order valence-corrected chi connectivity index (χ2v) is 1.05. The van der Waals surface area contributed by atoms with Gasteiger partial charge < -0.3 is 9.84 Å². The normalized spacial score (nSPS) is 7.50. The van der Waals surface area contributed by atoms with Crippen LogP contribution < -0.4 is 0 Å². The van der Waals surface area contributed by atoms with Crippen molar-refractivity contribution in [1.29, 1.82) is 0 Å². The molecular formula is C3H6O2S. The van der Waals surface area contributed by atoms with Crippen LogP contribution in [-0.4, -0.2) is 17.0 Å². The minimum atomic E-state index is -0.377. The van der Waals surface area contributed by atoms with Gasteiger partial charge in [-0.3, -0.25) is 0 Å². The number of hydrogen-bond donors (Lipinski definition) is 1. The molecule has 0 rings (SSSR count). The lowest BCUT2D eigenvalue weighted by Crippen LogP contribution is -1.96. The summed E-state index contributed by atoms with van der Waals surface area (Å²) in [7, 11) is 0. The predicted molar refractivity (Wildman–Crippen MR) is 26.9 cm³/mol. The third-order valence-electron chi connectivity index (χ3n) is 0.268. The fraction of sp³-hybridized carbons (Fsp3) is 0.667. The molecule has 0 spiro atoms. The summed E-state index contributed by atoms with van der Waals surface area (Å²) in [6, 6.07) is 0. The van der Waals surface area contributed by atoms with Gasteiger partial charge in [-0.15, -0.1) is 0 Å². The Morgan fingerprint density at radius 3 is 2.50 bits per heavy atom. The van der Waals surface area contributed by atoms with Gasteiger partial charge in [0.05, 0.1) is 6.61 Å². The third-order valence-corrected chi connectivity index (χ3v) is 0.386. The van der Waals surface area contributed by atoms with Crippen LogP contribution in [0.4, 0.5) is 0 Å². The fourth-order valence-electron chi connectivity index (χ4n) is 0.123. The van der Waals surface area contributed by atoms with Gasteiger partial charge in [0.15, 0.2) is 0 Å². The van der Waals surface area contributed by atoms with Crippen LogP contribution in [0.5, 0.6) is 0 Å². The Morgan fingerprint density at radius 2 is 2.50 bits per heavy atom. The van der Waals surface area contributed by atoms with Gasteiger partial charge in [-0.25, -0.2) is 0 Å². The lowest BCUT2D eigenvalue weighted by molar-refractivity contribution is 0.257. The fourth-order valence-corrected chi connectivity index (χ4v) is 0.241. The van der Waals surface area contributed by atoms with E-state index in [9.17, 15) is 0 Å². The van der Waals surface area contributed by atoms with Crippen LogP contribution in [0.2, 0.25) is 0 Å². The van der Waals surface area contributed by atoms with Crippen LogP contribution in [0.1, 0.15) is 6.92 Å². The van der Waals surface area contributed by atoms with E-state index in [4.69, 9.17) is 5.11 Å². The van der Waals surface area contributed by atoms with Crippen LogP contribution >= 0.6 is 12.2 Å². The smallest absolute Gasteiger partial charge is 0.349 e. The van der Waals surface area contributed by atoms with E-state index in [-0.39, 0.29) is 5.24 Å². The monoisotopic (exact) mass is 106 g/mol. The minimum Gasteiger partial charge on any atom is -0.472 e. The Kier molecular flexibility index (Phi) is 2.75. The van der Waals surface area contributed by atoms with Crippen molar-refractivity contribution in [3.05, 3.63) is 0 Å². The van der Waals surface area contributed by atoms with E-state index in [1.807, 2.05) is 0 Å². The third kappa shape index (κ3) is 3.69. The molecule has 0 unspecified atom stereocenters. The molecule has 0 saturated carbocycles. The van der Waals surface area contributed by atoms with Crippen molar-refractivity contribution >= 4 is 17.5 Å². The molecule has 0 saturated heterocycles. The molecule has 6 heavy (non-hydrogen) atoms. The standard InChI is InChI=1S/C3H6O2S/c1-2-5-3(4)6/h2H2,1H3,(H,4,6). The van der Waals surface area contributed by atoms with E-state index < -0.39 is 0 Å². The molecule has 0 aromatic heterocycles. The second-order valence-electron chi connectivity index (χ2n) is 0.699. The molecule has 0 aliphatic heterocycles. The molecule has 0 radical (unpaired) electrons. The van der Waals surface area contributed by atoms with Crippen molar-refractivity contribution in [2.75, 3.05) is 6.61 Å². The highest BCUT2D eigenvalue weighted by Gasteiger charge is 1.80. The SMILES string of the molecule is CCOC(O)=S. The zero-order valence-electron chi connectivity index (χ0n) is 3.47. The molecule has 1 N–H and O–H groups in total. The molecule has 0 aromatic rings. The Balaban J connectivity index is 2.83. The number of aliphatic hydroxyl groups excluding tert-OH is 1. The molecule has 0 fully saturated rings. The summed E-state index contributed by atoms with van der Waals surface area (Å²) in [5.41, 5.74) is 0. The van der Waals surface area contributed by atoms with Gasteiger partial charge in [0.25, 0.3) is 0 Å². The first-order valence-electron chi connectivity index (χ1n) is 1.63. The van der Waals surface area contributed by atoms with E-state index in [1.165, 1.54) is 0 Å². The first-order chi connectivity index (χ1) is 2.77. The molecule has 0 aromatic carbocycles. The van der Waals surface area contributed by atoms with Crippen molar-refractivity contribution in [3.63, 3.8) is 0 Å². The summed E-state index contributed by atoms with van der Waals surface area (Å²) in [5, 5.41) is 7.68. The average Bonchev–Trinajstić information content (AvgIpc) is 1.35. The molecular weight excluding hydrogens is 100 g/mol. The average molecular weight is 106 g/mol. The van der Waals surface area contributed by atoms with Crippen LogP contribution in [-0.2, 0) is 4.74 Å². The molecule has 0 heterocycles. The number of rotatable bonds is 1. The predicted octanol–water partition coefficient (Wildman–Crippen LogP) is 0.866. The highest BCUT2D eigenvalue weighted by molar-refractivity contribution is 7.79. The van der Waals surface area contributed by atoms with Crippen molar-refractivity contribution in [3.8, 4) is 0 Å². The summed E-state index contributed by atoms with van der Waals surface area (Å²) in [6.07, 6.45) is 0. The summed E-state index contributed by atoms with van der Waals surface area (Å²) < 4.78 is 4.33. The number of thiocarbonyl (C=S) groups is 1. The molecule has 0 bridgehead atoms. The van der Waals surface area contributed by atoms with Gasteiger partial charge in [0.1, 0.15) is 0 Å². The van der Waals surface area contributed by atoms with Crippen molar-refractivity contribution < 1.29 is 9.84 Å². The molecule has 3 heteroatoms. The second kappa shape index (κ2) is 2.90. The van der Waals surface area contributed by atoms with E-state index in [2.05, 4.69) is 17.0 Å². The number of ether oxygens (including phenoxy) is 1. The molecule has 0 amide bonds. The van der Waals surface area contributed by atoms with Crippen molar-refractivity contribution in [1.82, 2.24) is 0 Å². The van der Waals surface area contributed by atoms with Crippen LogP contribution in [0.25, 0.3) is 0 Å². The maximum Gasteiger partial charge on any atom is 0.349 e. The van der Waals surface area contributed by atoms with E-state index >= 15 is 0 Å². The van der Waals surface area contributed by atoms with Crippen LogP contribution in [0.15, 0.2) is 0 Å². The van der Waals surface area contributed by atoms with E-state index in [1.54, 1.807) is 6.92 Å². The summed E-state index contributed by atoms with van der Waals surface area (Å²) in [6.45, 7) is 2.19. The van der Waals surface area contributed by atoms with Gasteiger partial charge in [-0.2, -0.15) is 0 Å². The highest BCUT2D eigenvalue weighted by Crippen LogP contribution is 1.71. The number of hydrogen-bond acceptors (Lipinski definition) is 2. The largest absolute Gasteiger partial charge is 0.472 e. The summed E-state index contributed by atoms with van der Waals surface area (Å²) in [5.74, 6) is 0. The first-order valence-corrected chi connectivity index (χ1v) is 2.04. The molecule has 0 aliphatic carbocycles. The first kappa shape index (κ1) is 5.69. The lowest BCUT2D eigenvalue weighted by Gasteiger charge is -1.91. The lowest BCUT2D eigenvalue weighted by atomic mass is 10.9. The van der Waals surface area contributed by atoms with Gasteiger partial charge in [0.2, 0.25) is 0 Å². The van der Waals surface area contributed by atoms with Crippen LogP contribution in [0, 0.1) is 0 Å². The summed E-state index contributed by atoms with van der Waals surface area (Å²) >= 11 is 4.13. The quantitative estimate of drug-likeness (QED) is 0.503. The van der Waals surface area contributed by atoms with Gasteiger partial charge in [-0.1, -0.05) is 0 Å². The van der Waals surface area contributed by atoms with Gasteiger partial charge >= 0.3 is 5.24 Å². The number of aliphatic hydroxyl groups is 1. The Hall–Kier alpha value is -0.310. The van der Waals surface area contributed by atoms with E-state index in [0.29, 0.717) is 6.61 Å². The van der Waals surface area contributed by atoms with Gasteiger partial charge in [0, 0.05) is 12.2 Å². The van der Waals surface area contributed by atoms with Crippen molar-refractivity contribution in [2.45, 2.75) is 6.92 Å². The Labute approximate surface area is 41.7 Å². The van der Waals surface area contributed by atoms with Crippen LogP contribution in [0.3, 0.4) is 0 Å². The highest BCUT2D eigenvalue weighted by atomic mass is 32.1. The van der Waals surface area contributed by atoms with Gasteiger partial charge in [-0.05, 0) is 6.92 Å². The zero-order valence-corrected chi connectivity index (χ0v) is 4.29. The Bertz CT molecular complexity index is 52.8. The maximum absolute atomic E-state index is 8.06. The molecule has 0 aliphatic rings. The van der Waals surface area contributed by atoms with E-state index in [0.717, 1.165) is 0 Å².